The van der Waals surface area contributed by atoms with Crippen molar-refractivity contribution in [1.82, 2.24) is 0 Å². The molecule has 330 valence electrons. The Morgan fingerprint density at radius 1 is 0.415 bits per heavy atom. The third kappa shape index (κ3) is 10.5. The highest BCUT2D eigenvalue weighted by atomic mass is 79.9. The Balaban J connectivity index is 0.000000150. The van der Waals surface area contributed by atoms with Gasteiger partial charge < -0.3 is 14.6 Å². The Morgan fingerprint density at radius 2 is 0.723 bits per heavy atom. The quantitative estimate of drug-likeness (QED) is 0.112. The maximum absolute atomic E-state index is 13.6. The van der Waals surface area contributed by atoms with E-state index in [0.717, 1.165) is 60.6 Å². The highest BCUT2D eigenvalue weighted by Crippen LogP contribution is 2.42. The number of rotatable bonds is 9. The number of imide groups is 3. The molecule has 6 aromatic carbocycles. The molecule has 2 aliphatic carbocycles. The fourth-order valence-electron chi connectivity index (χ4n) is 6.67. The first-order chi connectivity index (χ1) is 31.2. The molecule has 6 aromatic rings. The van der Waals surface area contributed by atoms with Gasteiger partial charge in [-0.1, -0.05) is 79.6 Å². The predicted octanol–water partition coefficient (Wildman–Crippen LogP) is 12.3. The lowest BCUT2D eigenvalue weighted by Crippen LogP contribution is -2.47. The normalized spacial score (nSPS) is 18.0. The molecular formula is C48H35Br5N4O8. The van der Waals surface area contributed by atoms with Gasteiger partial charge in [-0.3, -0.25) is 19.3 Å². The standard InChI is InChI=1S/C24H18Br2N2O4.C15H8Br2N2O3.C9H9BrO/c25-16-3-7-18(8-4-16)27-22(29)24(31,15-1-11-20(12-2-15)32-21-13-14-21)28(23(27)30)19-9-5-17(26)6-10-19;16-9-1-5-11(6-2-9)18-13(20)14(21)19(15(18)22)12-7-3-10(17)4-8-12;10-7-1-3-8(4-2-7)11-9-5-6-9/h1-12,21,31H,13-14H2;1-8H;1-4,9H,5-6H2. The molecule has 17 heteroatoms. The van der Waals surface area contributed by atoms with Crippen molar-refractivity contribution in [3.8, 4) is 11.5 Å². The van der Waals surface area contributed by atoms with Gasteiger partial charge in [-0.25, -0.2) is 24.3 Å². The van der Waals surface area contributed by atoms with Gasteiger partial charge in [0.05, 0.1) is 29.3 Å². The molecule has 1 unspecified atom stereocenters. The molecule has 7 amide bonds. The molecule has 2 saturated heterocycles. The maximum Gasteiger partial charge on any atom is 0.343 e. The van der Waals surface area contributed by atoms with Gasteiger partial charge in [-0.05, 0) is 171 Å². The molecule has 1 N–H and O–H groups in total. The van der Waals surface area contributed by atoms with Crippen LogP contribution in [0.2, 0.25) is 0 Å². The Hall–Kier alpha value is -5.17. The minimum atomic E-state index is -2.21. The predicted molar refractivity (Wildman–Crippen MR) is 264 cm³/mol. The van der Waals surface area contributed by atoms with Crippen LogP contribution in [0.5, 0.6) is 11.5 Å². The number of benzene rings is 6. The van der Waals surface area contributed by atoms with Crippen LogP contribution < -0.4 is 29.1 Å². The van der Waals surface area contributed by atoms with E-state index in [4.69, 9.17) is 9.47 Å². The number of amides is 7. The van der Waals surface area contributed by atoms with E-state index in [-0.39, 0.29) is 11.7 Å². The van der Waals surface area contributed by atoms with Crippen molar-refractivity contribution in [2.24, 2.45) is 0 Å². The number of halogens is 5. The smallest absolute Gasteiger partial charge is 0.343 e. The summed E-state index contributed by atoms with van der Waals surface area (Å²) in [7, 11) is 0. The number of anilines is 4. The van der Waals surface area contributed by atoms with Gasteiger partial charge in [0.1, 0.15) is 11.5 Å². The molecule has 1 atom stereocenters. The summed E-state index contributed by atoms with van der Waals surface area (Å²) in [4.78, 5) is 67.8. The highest BCUT2D eigenvalue weighted by molar-refractivity contribution is 9.11. The summed E-state index contributed by atoms with van der Waals surface area (Å²) in [6.45, 7) is 0. The Bertz CT molecular complexity index is 2670. The van der Waals surface area contributed by atoms with E-state index >= 15 is 0 Å². The molecule has 0 aromatic heterocycles. The van der Waals surface area contributed by atoms with Crippen LogP contribution >= 0.6 is 79.6 Å². The number of urea groups is 2. The first kappa shape index (κ1) is 46.4. The average molecular weight is 1200 g/mol. The van der Waals surface area contributed by atoms with Gasteiger partial charge in [-0.15, -0.1) is 0 Å². The molecule has 2 aliphatic heterocycles. The van der Waals surface area contributed by atoms with Gasteiger partial charge in [-0.2, -0.15) is 0 Å². The molecule has 2 saturated carbocycles. The van der Waals surface area contributed by atoms with Gasteiger partial charge in [0.2, 0.25) is 0 Å². The van der Waals surface area contributed by atoms with Gasteiger partial charge >= 0.3 is 23.9 Å². The van der Waals surface area contributed by atoms with Crippen LogP contribution in [0.4, 0.5) is 32.3 Å². The van der Waals surface area contributed by atoms with Crippen LogP contribution in [0.1, 0.15) is 31.2 Å². The van der Waals surface area contributed by atoms with Crippen LogP contribution in [0, 0.1) is 0 Å². The number of carbonyl (C=O) groups is 5. The van der Waals surface area contributed by atoms with Crippen molar-refractivity contribution in [2.45, 2.75) is 43.6 Å². The minimum absolute atomic E-state index is 0.228. The fraction of sp³-hybridized carbons (Fsp3) is 0.146. The first-order valence-electron chi connectivity index (χ1n) is 20.1. The third-order valence-corrected chi connectivity index (χ3v) is 12.9. The minimum Gasteiger partial charge on any atom is -0.490 e. The Labute approximate surface area is 415 Å². The lowest BCUT2D eigenvalue weighted by Gasteiger charge is -2.30. The van der Waals surface area contributed by atoms with E-state index in [1.165, 1.54) is 12.8 Å². The van der Waals surface area contributed by atoms with E-state index < -0.39 is 35.5 Å². The molecule has 0 radical (unpaired) electrons. The van der Waals surface area contributed by atoms with Crippen molar-refractivity contribution in [2.75, 3.05) is 19.6 Å². The fourth-order valence-corrected chi connectivity index (χ4v) is 7.99. The number of hydrogen-bond acceptors (Lipinski definition) is 8. The van der Waals surface area contributed by atoms with E-state index in [0.29, 0.717) is 34.6 Å². The number of nitrogens with zero attached hydrogens (tertiary/aromatic N) is 4. The summed E-state index contributed by atoms with van der Waals surface area (Å²) in [5.41, 5.74) is -0.462. The Morgan fingerprint density at radius 3 is 1.08 bits per heavy atom. The number of aliphatic hydroxyl groups is 1. The second-order valence-corrected chi connectivity index (χ2v) is 19.6. The molecular weight excluding hydrogens is 1160 g/mol. The monoisotopic (exact) mass is 1190 g/mol. The van der Waals surface area contributed by atoms with E-state index in [1.54, 1.807) is 121 Å². The number of hydrogen-bond donors (Lipinski definition) is 1. The topological polar surface area (TPSA) is 137 Å². The zero-order valence-corrected chi connectivity index (χ0v) is 41.8. The molecule has 2 heterocycles. The van der Waals surface area contributed by atoms with Crippen molar-refractivity contribution in [3.63, 3.8) is 0 Å². The highest BCUT2D eigenvalue weighted by Gasteiger charge is 2.59. The maximum atomic E-state index is 13.6. The van der Waals surface area contributed by atoms with Gasteiger partial charge in [0.15, 0.2) is 0 Å². The summed E-state index contributed by atoms with van der Waals surface area (Å²) in [6, 6.07) is 40.1. The number of carbonyl (C=O) groups excluding carboxylic acids is 5. The lowest BCUT2D eigenvalue weighted by atomic mass is 10.00. The third-order valence-electron chi connectivity index (χ3n) is 10.2. The van der Waals surface area contributed by atoms with E-state index in [1.807, 2.05) is 24.3 Å². The molecule has 4 fully saturated rings. The second kappa shape index (κ2) is 19.7. The summed E-state index contributed by atoms with van der Waals surface area (Å²) < 4.78 is 15.7. The van der Waals surface area contributed by atoms with Gasteiger partial charge in [0.25, 0.3) is 11.6 Å². The van der Waals surface area contributed by atoms with Crippen LogP contribution in [0.3, 0.4) is 0 Å². The first-order valence-corrected chi connectivity index (χ1v) is 24.0. The van der Waals surface area contributed by atoms with Crippen LogP contribution in [0.25, 0.3) is 0 Å². The van der Waals surface area contributed by atoms with Crippen molar-refractivity contribution in [1.29, 1.82) is 0 Å². The van der Waals surface area contributed by atoms with Crippen LogP contribution in [0.15, 0.2) is 168 Å². The zero-order chi connectivity index (χ0) is 46.0. The van der Waals surface area contributed by atoms with Crippen molar-refractivity contribution < 1.29 is 38.6 Å². The van der Waals surface area contributed by atoms with Crippen molar-refractivity contribution >= 4 is 132 Å². The average Bonchev–Trinajstić information content (AvgIpc) is 4.25. The molecule has 12 nitrogen and oxygen atoms in total. The van der Waals surface area contributed by atoms with E-state index in [2.05, 4.69) is 79.6 Å². The summed E-state index contributed by atoms with van der Waals surface area (Å²) in [5.74, 6) is -0.832. The van der Waals surface area contributed by atoms with Crippen molar-refractivity contribution in [3.05, 3.63) is 174 Å². The molecule has 10 rings (SSSR count). The molecule has 0 bridgehead atoms. The molecule has 65 heavy (non-hydrogen) atoms. The number of ether oxygens (including phenoxy) is 2. The van der Waals surface area contributed by atoms with Crippen LogP contribution in [-0.2, 0) is 20.1 Å². The second-order valence-electron chi connectivity index (χ2n) is 15.0. The summed E-state index contributed by atoms with van der Waals surface area (Å²) in [6.07, 6.45) is 5.21. The summed E-state index contributed by atoms with van der Waals surface area (Å²) in [5, 5.41) is 11.8. The lowest BCUT2D eigenvalue weighted by molar-refractivity contribution is -0.133. The molecule has 4 aliphatic rings. The van der Waals surface area contributed by atoms with Gasteiger partial charge in [0, 0.05) is 33.6 Å². The molecule has 0 spiro atoms. The zero-order valence-electron chi connectivity index (χ0n) is 33.8. The van der Waals surface area contributed by atoms with E-state index in [9.17, 15) is 29.1 Å². The SMILES string of the molecule is Brc1ccc(OC2CC2)cc1.O=C1C(=O)N(c2ccc(Br)cc2)C(=O)N1c1ccc(Br)cc1.O=C1N(c2ccc(Br)cc2)C(=O)C(O)(c2ccc(OC3CC3)cc2)N1c1ccc(Br)cc1. The Kier molecular flexibility index (Phi) is 14.1. The largest absolute Gasteiger partial charge is 0.490 e. The van der Waals surface area contributed by atoms with Crippen LogP contribution in [-0.4, -0.2) is 47.1 Å². The summed E-state index contributed by atoms with van der Waals surface area (Å²) >= 11 is 16.7.